The summed E-state index contributed by atoms with van der Waals surface area (Å²) in [6.07, 6.45) is 9.26. The molecule has 0 amide bonds. The number of hydrogen-bond acceptors (Lipinski definition) is 4. The summed E-state index contributed by atoms with van der Waals surface area (Å²) in [6.45, 7) is 1.71. The van der Waals surface area contributed by atoms with Gasteiger partial charge in [0.15, 0.2) is 0 Å². The highest BCUT2D eigenvalue weighted by molar-refractivity contribution is 7.91. The SMILES string of the molecule is COC(=O)Cc1cccc2c1ccn2S(=O)(=O)C1(C)C=CC=CC1. The van der Waals surface area contributed by atoms with Crippen LogP contribution in [0.5, 0.6) is 0 Å². The molecule has 1 heterocycles. The Labute approximate surface area is 141 Å². The summed E-state index contributed by atoms with van der Waals surface area (Å²) >= 11 is 0. The Morgan fingerprint density at radius 2 is 2.08 bits per heavy atom. The molecule has 1 aliphatic carbocycles. The van der Waals surface area contributed by atoms with E-state index in [2.05, 4.69) is 0 Å². The molecule has 0 fully saturated rings. The molecule has 126 valence electrons. The highest BCUT2D eigenvalue weighted by Crippen LogP contribution is 2.32. The van der Waals surface area contributed by atoms with Crippen LogP contribution in [0.4, 0.5) is 0 Å². The van der Waals surface area contributed by atoms with Crippen molar-refractivity contribution in [2.75, 3.05) is 7.11 Å². The van der Waals surface area contributed by atoms with Gasteiger partial charge in [0.25, 0.3) is 0 Å². The van der Waals surface area contributed by atoms with Crippen LogP contribution in [0.25, 0.3) is 10.9 Å². The van der Waals surface area contributed by atoms with E-state index in [0.29, 0.717) is 11.9 Å². The summed E-state index contributed by atoms with van der Waals surface area (Å²) < 4.78 is 31.3. The smallest absolute Gasteiger partial charge is 0.310 e. The summed E-state index contributed by atoms with van der Waals surface area (Å²) in [5.41, 5.74) is 1.32. The van der Waals surface area contributed by atoms with Gasteiger partial charge in [0.05, 0.1) is 19.0 Å². The number of aromatic nitrogens is 1. The Hall–Kier alpha value is -2.34. The average molecular weight is 345 g/mol. The molecule has 0 N–H and O–H groups in total. The van der Waals surface area contributed by atoms with Gasteiger partial charge in [-0.25, -0.2) is 12.4 Å². The van der Waals surface area contributed by atoms with Crippen LogP contribution in [0.1, 0.15) is 18.9 Å². The number of benzene rings is 1. The molecule has 0 radical (unpaired) electrons. The summed E-state index contributed by atoms with van der Waals surface area (Å²) in [5, 5.41) is 0.741. The van der Waals surface area contributed by atoms with Gasteiger partial charge in [-0.05, 0) is 31.0 Å². The number of esters is 1. The Morgan fingerprint density at radius 1 is 1.29 bits per heavy atom. The van der Waals surface area contributed by atoms with Gasteiger partial charge in [-0.3, -0.25) is 4.79 Å². The average Bonchev–Trinajstić information content (AvgIpc) is 3.01. The third-order valence-corrected chi connectivity index (χ3v) is 6.73. The predicted octanol–water partition coefficient (Wildman–Crippen LogP) is 2.81. The van der Waals surface area contributed by atoms with Gasteiger partial charge in [0.1, 0.15) is 4.75 Å². The molecule has 0 aliphatic heterocycles. The molecular weight excluding hydrogens is 326 g/mol. The predicted molar refractivity (Wildman–Crippen MR) is 93.3 cm³/mol. The number of hydrogen-bond donors (Lipinski definition) is 0. The number of nitrogens with zero attached hydrogens (tertiary/aromatic N) is 1. The minimum Gasteiger partial charge on any atom is -0.469 e. The van der Waals surface area contributed by atoms with Crippen molar-refractivity contribution in [2.24, 2.45) is 0 Å². The summed E-state index contributed by atoms with van der Waals surface area (Å²) in [7, 11) is -2.30. The maximum atomic E-state index is 13.2. The van der Waals surface area contributed by atoms with Gasteiger partial charge in [0, 0.05) is 11.6 Å². The van der Waals surface area contributed by atoms with E-state index in [1.54, 1.807) is 49.5 Å². The largest absolute Gasteiger partial charge is 0.469 e. The minimum atomic E-state index is -3.63. The Bertz CT molecular complexity index is 953. The first-order chi connectivity index (χ1) is 11.4. The van der Waals surface area contributed by atoms with Crippen molar-refractivity contribution in [3.05, 3.63) is 60.3 Å². The second-order valence-electron chi connectivity index (χ2n) is 6.02. The highest BCUT2D eigenvalue weighted by atomic mass is 32.2. The Morgan fingerprint density at radius 3 is 2.75 bits per heavy atom. The molecule has 6 heteroatoms. The van der Waals surface area contributed by atoms with Gasteiger partial charge >= 0.3 is 5.97 Å². The molecule has 1 unspecified atom stereocenters. The van der Waals surface area contributed by atoms with E-state index < -0.39 is 14.8 Å². The molecule has 3 rings (SSSR count). The first kappa shape index (κ1) is 16.5. The van der Waals surface area contributed by atoms with Crippen LogP contribution >= 0.6 is 0 Å². The molecular formula is C18H19NO4S. The highest BCUT2D eigenvalue weighted by Gasteiger charge is 2.38. The fourth-order valence-corrected chi connectivity index (χ4v) is 4.57. The number of ether oxygens (including phenoxy) is 1. The molecule has 1 aromatic carbocycles. The second-order valence-corrected chi connectivity index (χ2v) is 8.30. The summed E-state index contributed by atoms with van der Waals surface area (Å²) in [4.78, 5) is 11.6. The molecule has 0 spiro atoms. The van der Waals surface area contributed by atoms with Gasteiger partial charge in [-0.15, -0.1) is 0 Å². The normalized spacial score (nSPS) is 20.4. The molecule has 2 aromatic rings. The zero-order chi connectivity index (χ0) is 17.4. The third-order valence-electron chi connectivity index (χ3n) is 4.42. The molecule has 0 bridgehead atoms. The zero-order valence-corrected chi connectivity index (χ0v) is 14.4. The lowest BCUT2D eigenvalue weighted by Crippen LogP contribution is -2.37. The van der Waals surface area contributed by atoms with E-state index in [1.807, 2.05) is 12.2 Å². The molecule has 0 saturated carbocycles. The Kier molecular flexibility index (Phi) is 4.09. The third kappa shape index (κ3) is 2.57. The van der Waals surface area contributed by atoms with Crippen molar-refractivity contribution >= 4 is 26.9 Å². The van der Waals surface area contributed by atoms with Crippen LogP contribution in [0, 0.1) is 0 Å². The van der Waals surface area contributed by atoms with Crippen LogP contribution in [0.2, 0.25) is 0 Å². The number of methoxy groups -OCH3 is 1. The van der Waals surface area contributed by atoms with Crippen LogP contribution in [0.3, 0.4) is 0 Å². The number of carbonyl (C=O) groups excluding carboxylic acids is 1. The summed E-state index contributed by atoms with van der Waals surface area (Å²) in [5.74, 6) is -0.356. The maximum Gasteiger partial charge on any atom is 0.310 e. The van der Waals surface area contributed by atoms with Gasteiger partial charge < -0.3 is 4.74 Å². The molecule has 0 saturated heterocycles. The lowest BCUT2D eigenvalue weighted by molar-refractivity contribution is -0.139. The number of fused-ring (bicyclic) bond motifs is 1. The second kappa shape index (κ2) is 5.94. The van der Waals surface area contributed by atoms with Crippen molar-refractivity contribution in [3.63, 3.8) is 0 Å². The standard InChI is InChI=1S/C18H19NO4S/c1-18(10-4-3-5-11-18)24(21,22)19-12-9-15-14(13-17(20)23-2)7-6-8-16(15)19/h3-10,12H,11,13H2,1-2H3. The van der Waals surface area contributed by atoms with E-state index in [0.717, 1.165) is 10.9 Å². The molecule has 24 heavy (non-hydrogen) atoms. The van der Waals surface area contributed by atoms with Crippen LogP contribution < -0.4 is 0 Å². The van der Waals surface area contributed by atoms with Crippen molar-refractivity contribution in [1.29, 1.82) is 0 Å². The van der Waals surface area contributed by atoms with Crippen molar-refractivity contribution < 1.29 is 17.9 Å². The van der Waals surface area contributed by atoms with Crippen LogP contribution in [-0.2, 0) is 26.0 Å². The topological polar surface area (TPSA) is 65.4 Å². The first-order valence-electron chi connectivity index (χ1n) is 7.64. The summed E-state index contributed by atoms with van der Waals surface area (Å²) in [6, 6.07) is 7.04. The van der Waals surface area contributed by atoms with Gasteiger partial charge in [-0.2, -0.15) is 0 Å². The fourth-order valence-electron chi connectivity index (χ4n) is 2.92. The van der Waals surface area contributed by atoms with Crippen molar-refractivity contribution in [2.45, 2.75) is 24.5 Å². The first-order valence-corrected chi connectivity index (χ1v) is 9.08. The quantitative estimate of drug-likeness (QED) is 0.799. The van der Waals surface area contributed by atoms with Crippen LogP contribution in [0.15, 0.2) is 54.8 Å². The monoisotopic (exact) mass is 345 g/mol. The number of rotatable bonds is 4. The molecule has 1 atom stereocenters. The Balaban J connectivity index is 2.11. The lowest BCUT2D eigenvalue weighted by atomic mass is 10.0. The van der Waals surface area contributed by atoms with Crippen molar-refractivity contribution in [3.8, 4) is 0 Å². The molecule has 1 aromatic heterocycles. The molecule has 1 aliphatic rings. The zero-order valence-electron chi connectivity index (χ0n) is 13.6. The van der Waals surface area contributed by atoms with E-state index in [1.165, 1.54) is 11.1 Å². The maximum absolute atomic E-state index is 13.2. The van der Waals surface area contributed by atoms with Crippen LogP contribution in [-0.4, -0.2) is 30.2 Å². The fraction of sp³-hybridized carbons (Fsp3) is 0.278. The van der Waals surface area contributed by atoms with E-state index in [-0.39, 0.29) is 12.4 Å². The van der Waals surface area contributed by atoms with Gasteiger partial charge in [0.2, 0.25) is 10.0 Å². The minimum absolute atomic E-state index is 0.109. The molecule has 5 nitrogen and oxygen atoms in total. The number of allylic oxidation sites excluding steroid dienone is 3. The van der Waals surface area contributed by atoms with E-state index in [9.17, 15) is 13.2 Å². The van der Waals surface area contributed by atoms with E-state index >= 15 is 0 Å². The number of carbonyl (C=O) groups is 1. The van der Waals surface area contributed by atoms with E-state index in [4.69, 9.17) is 4.74 Å². The van der Waals surface area contributed by atoms with Gasteiger partial charge in [-0.1, -0.05) is 36.4 Å². The lowest BCUT2D eigenvalue weighted by Gasteiger charge is -2.27. The van der Waals surface area contributed by atoms with Crippen molar-refractivity contribution in [1.82, 2.24) is 3.97 Å².